The van der Waals surface area contributed by atoms with Crippen LogP contribution in [0.25, 0.3) is 5.57 Å². The minimum Gasteiger partial charge on any atom is -0.350 e. The van der Waals surface area contributed by atoms with E-state index in [2.05, 4.69) is 5.32 Å². The Morgan fingerprint density at radius 1 is 0.971 bits per heavy atom. The lowest BCUT2D eigenvalue weighted by atomic mass is 9.94. The number of hydrogen-bond acceptors (Lipinski definition) is 5. The van der Waals surface area contributed by atoms with E-state index in [4.69, 9.17) is 12.2 Å². The molecule has 174 valence electrons. The maximum absolute atomic E-state index is 13.6. The standard InChI is InChI=1S/C26H25N3O3S2/c30-21(27-15-17-9-3-1-4-10-17)16-28-20-14-8-7-13-19(20)22(24(28)31)23-25(32)29(26(33)34-23)18-11-5-2-6-12-18/h1,3-4,7-10,13-14,18H,2,5-6,11-12,15-16H2,(H,27,30)/b23-22-. The van der Waals surface area contributed by atoms with E-state index in [1.54, 1.807) is 4.90 Å². The van der Waals surface area contributed by atoms with E-state index in [9.17, 15) is 14.4 Å². The highest BCUT2D eigenvalue weighted by Crippen LogP contribution is 2.45. The Morgan fingerprint density at radius 3 is 2.44 bits per heavy atom. The number of anilines is 1. The van der Waals surface area contributed by atoms with Gasteiger partial charge in [-0.25, -0.2) is 0 Å². The van der Waals surface area contributed by atoms with Gasteiger partial charge in [-0.3, -0.25) is 24.2 Å². The number of thiocarbonyl (C=S) groups is 1. The molecular weight excluding hydrogens is 466 g/mol. The van der Waals surface area contributed by atoms with Crippen LogP contribution in [0.2, 0.25) is 0 Å². The first-order valence-corrected chi connectivity index (χ1v) is 12.8. The van der Waals surface area contributed by atoms with Gasteiger partial charge in [-0.2, -0.15) is 0 Å². The van der Waals surface area contributed by atoms with Crippen LogP contribution in [0.15, 0.2) is 59.5 Å². The van der Waals surface area contributed by atoms with Crippen molar-refractivity contribution in [2.24, 2.45) is 0 Å². The lowest BCUT2D eigenvalue weighted by molar-refractivity contribution is -0.124. The molecule has 34 heavy (non-hydrogen) atoms. The summed E-state index contributed by atoms with van der Waals surface area (Å²) in [5.74, 6) is -0.779. The fourth-order valence-corrected chi connectivity index (χ4v) is 6.31. The van der Waals surface area contributed by atoms with Crippen LogP contribution in [-0.2, 0) is 20.9 Å². The molecule has 3 aliphatic rings. The van der Waals surface area contributed by atoms with Gasteiger partial charge >= 0.3 is 0 Å². The first-order valence-electron chi connectivity index (χ1n) is 11.6. The summed E-state index contributed by atoms with van der Waals surface area (Å²) in [7, 11) is 0. The van der Waals surface area contributed by atoms with Crippen molar-refractivity contribution in [1.82, 2.24) is 10.2 Å². The van der Waals surface area contributed by atoms with Crippen LogP contribution in [0.5, 0.6) is 0 Å². The number of nitrogens with one attached hydrogen (secondary N) is 1. The molecule has 1 saturated carbocycles. The normalized spacial score (nSPS) is 20.8. The third kappa shape index (κ3) is 4.28. The van der Waals surface area contributed by atoms with Gasteiger partial charge in [-0.1, -0.05) is 91.8 Å². The first-order chi connectivity index (χ1) is 16.5. The Labute approximate surface area is 208 Å². The van der Waals surface area contributed by atoms with Crippen molar-refractivity contribution in [3.63, 3.8) is 0 Å². The van der Waals surface area contributed by atoms with E-state index >= 15 is 0 Å². The smallest absolute Gasteiger partial charge is 0.267 e. The highest BCUT2D eigenvalue weighted by molar-refractivity contribution is 8.26. The highest BCUT2D eigenvalue weighted by Gasteiger charge is 2.44. The summed E-state index contributed by atoms with van der Waals surface area (Å²) in [6.07, 6.45) is 5.22. The molecule has 0 bridgehead atoms. The molecule has 3 amide bonds. The van der Waals surface area contributed by atoms with E-state index in [1.807, 2.05) is 54.6 Å². The first kappa shape index (κ1) is 22.8. The topological polar surface area (TPSA) is 69.7 Å². The van der Waals surface area contributed by atoms with Crippen molar-refractivity contribution in [1.29, 1.82) is 0 Å². The number of amides is 3. The molecule has 1 N–H and O–H groups in total. The second-order valence-corrected chi connectivity index (χ2v) is 10.4. The number of thioether (sulfide) groups is 1. The minimum atomic E-state index is -0.333. The zero-order valence-electron chi connectivity index (χ0n) is 18.7. The Hall–Kier alpha value is -2.97. The fraction of sp³-hybridized carbons (Fsp3) is 0.308. The van der Waals surface area contributed by atoms with Crippen molar-refractivity contribution in [3.8, 4) is 0 Å². The third-order valence-electron chi connectivity index (χ3n) is 6.52. The van der Waals surface area contributed by atoms with Gasteiger partial charge in [0.1, 0.15) is 10.9 Å². The number of nitrogens with zero attached hydrogens (tertiary/aromatic N) is 2. The molecular formula is C26H25N3O3S2. The lowest BCUT2D eigenvalue weighted by Gasteiger charge is -2.29. The summed E-state index contributed by atoms with van der Waals surface area (Å²) in [5.41, 5.74) is 2.64. The van der Waals surface area contributed by atoms with Gasteiger partial charge in [0.25, 0.3) is 11.8 Å². The van der Waals surface area contributed by atoms with E-state index in [0.717, 1.165) is 31.2 Å². The zero-order chi connectivity index (χ0) is 23.7. The van der Waals surface area contributed by atoms with Crippen molar-refractivity contribution in [2.75, 3.05) is 11.4 Å². The maximum Gasteiger partial charge on any atom is 0.267 e. The van der Waals surface area contributed by atoms with Crippen molar-refractivity contribution < 1.29 is 14.4 Å². The van der Waals surface area contributed by atoms with Gasteiger partial charge in [-0.15, -0.1) is 0 Å². The molecule has 0 atom stereocenters. The Kier molecular flexibility index (Phi) is 6.52. The molecule has 0 spiro atoms. The number of benzene rings is 2. The van der Waals surface area contributed by atoms with Gasteiger partial charge < -0.3 is 5.32 Å². The quantitative estimate of drug-likeness (QED) is 0.500. The van der Waals surface area contributed by atoms with Crippen molar-refractivity contribution in [2.45, 2.75) is 44.7 Å². The molecule has 1 aliphatic carbocycles. The number of fused-ring (bicyclic) bond motifs is 1. The Morgan fingerprint density at radius 2 is 1.68 bits per heavy atom. The molecule has 0 radical (unpaired) electrons. The zero-order valence-corrected chi connectivity index (χ0v) is 20.3. The van der Waals surface area contributed by atoms with Gasteiger partial charge in [0.05, 0.1) is 16.2 Å². The van der Waals surface area contributed by atoms with Crippen molar-refractivity contribution in [3.05, 3.63) is 70.6 Å². The van der Waals surface area contributed by atoms with Gasteiger partial charge in [0.15, 0.2) is 0 Å². The number of para-hydroxylation sites is 1. The number of hydrogen-bond donors (Lipinski definition) is 1. The van der Waals surface area contributed by atoms with Crippen LogP contribution in [0.1, 0.15) is 43.2 Å². The van der Waals surface area contributed by atoms with Gasteiger partial charge in [0, 0.05) is 18.2 Å². The van der Waals surface area contributed by atoms with Crippen LogP contribution >= 0.6 is 24.0 Å². The van der Waals surface area contributed by atoms with Crippen LogP contribution in [0.3, 0.4) is 0 Å². The summed E-state index contributed by atoms with van der Waals surface area (Å²) in [6.45, 7) is 0.269. The molecule has 6 nitrogen and oxygen atoms in total. The van der Waals surface area contributed by atoms with Crippen molar-refractivity contribution >= 4 is 57.3 Å². The molecule has 2 aliphatic heterocycles. The molecule has 0 aromatic heterocycles. The molecule has 5 rings (SSSR count). The van der Waals surface area contributed by atoms with E-state index in [1.165, 1.54) is 23.1 Å². The van der Waals surface area contributed by atoms with Crippen LogP contribution in [0.4, 0.5) is 5.69 Å². The summed E-state index contributed by atoms with van der Waals surface area (Å²) in [6, 6.07) is 17.0. The summed E-state index contributed by atoms with van der Waals surface area (Å²) in [4.78, 5) is 43.3. The number of carbonyl (C=O) groups is 3. The van der Waals surface area contributed by atoms with Gasteiger partial charge in [-0.05, 0) is 24.5 Å². The lowest BCUT2D eigenvalue weighted by Crippen LogP contribution is -2.40. The maximum atomic E-state index is 13.6. The Balaban J connectivity index is 1.39. The second-order valence-electron chi connectivity index (χ2n) is 8.71. The van der Waals surface area contributed by atoms with Crippen LogP contribution < -0.4 is 10.2 Å². The van der Waals surface area contributed by atoms with E-state index < -0.39 is 0 Å². The highest BCUT2D eigenvalue weighted by atomic mass is 32.2. The second kappa shape index (κ2) is 9.72. The SMILES string of the molecule is O=C(CN1C(=O)/C(=C2\SC(=S)N(C3CCCCC3)C2=O)c2ccccc21)NCc1ccccc1. The number of rotatable bonds is 5. The molecule has 0 unspecified atom stereocenters. The average molecular weight is 492 g/mol. The van der Waals surface area contributed by atoms with Crippen LogP contribution in [0, 0.1) is 0 Å². The monoisotopic (exact) mass is 491 g/mol. The molecule has 2 aromatic carbocycles. The summed E-state index contributed by atoms with van der Waals surface area (Å²) >= 11 is 6.78. The van der Waals surface area contributed by atoms with Gasteiger partial charge in [0.2, 0.25) is 5.91 Å². The third-order valence-corrected chi connectivity index (χ3v) is 7.92. The summed E-state index contributed by atoms with van der Waals surface area (Å²) in [5, 5.41) is 2.88. The fourth-order valence-electron chi connectivity index (χ4n) is 4.84. The molecule has 1 saturated heterocycles. The summed E-state index contributed by atoms with van der Waals surface area (Å²) < 4.78 is 0.517. The molecule has 2 fully saturated rings. The Bertz CT molecular complexity index is 1190. The van der Waals surface area contributed by atoms with Crippen LogP contribution in [-0.4, -0.2) is 39.5 Å². The molecule has 2 aromatic rings. The predicted octanol–water partition coefficient (Wildman–Crippen LogP) is 4.25. The minimum absolute atomic E-state index is 0.103. The number of carbonyl (C=O) groups excluding carboxylic acids is 3. The molecule has 2 heterocycles. The van der Waals surface area contributed by atoms with E-state index in [-0.39, 0.29) is 30.3 Å². The average Bonchev–Trinajstić information content (AvgIpc) is 3.30. The van der Waals surface area contributed by atoms with E-state index in [0.29, 0.717) is 32.6 Å². The molecule has 8 heteroatoms. The largest absolute Gasteiger partial charge is 0.350 e. The predicted molar refractivity (Wildman–Crippen MR) is 138 cm³/mol.